The summed E-state index contributed by atoms with van der Waals surface area (Å²) in [4.78, 5) is 85.7. The molecule has 2 heterocycles. The zero-order valence-corrected chi connectivity index (χ0v) is 21.6. The molecule has 17 nitrogen and oxygen atoms in total. The summed E-state index contributed by atoms with van der Waals surface area (Å²) in [7, 11) is 1.28. The molecule has 2 aromatic heterocycles. The van der Waals surface area contributed by atoms with Gasteiger partial charge in [-0.2, -0.15) is 4.98 Å². The van der Waals surface area contributed by atoms with Crippen LogP contribution in [0.15, 0.2) is 35.3 Å². The molecule has 0 aliphatic rings. The number of aromatic nitrogens is 4. The molecule has 0 saturated carbocycles. The van der Waals surface area contributed by atoms with Gasteiger partial charge in [-0.25, -0.2) is 14.8 Å². The van der Waals surface area contributed by atoms with Crippen LogP contribution in [0.4, 0.5) is 11.6 Å². The fourth-order valence-electron chi connectivity index (χ4n) is 3.59. The summed E-state index contributed by atoms with van der Waals surface area (Å²) >= 11 is 0. The van der Waals surface area contributed by atoms with Gasteiger partial charge in [-0.1, -0.05) is 0 Å². The molecule has 2 unspecified atom stereocenters. The molecule has 17 heteroatoms. The third-order valence-electron chi connectivity index (χ3n) is 5.65. The van der Waals surface area contributed by atoms with E-state index in [1.54, 1.807) is 12.1 Å². The van der Waals surface area contributed by atoms with E-state index < -0.39 is 53.7 Å². The van der Waals surface area contributed by atoms with E-state index >= 15 is 0 Å². The monoisotopic (exact) mass is 569 g/mol. The van der Waals surface area contributed by atoms with Crippen molar-refractivity contribution >= 4 is 52.5 Å². The largest absolute Gasteiger partial charge is 0.481 e. The van der Waals surface area contributed by atoms with Crippen LogP contribution in [0.3, 0.4) is 0 Å². The molecule has 0 aliphatic carbocycles. The van der Waals surface area contributed by atoms with Crippen molar-refractivity contribution in [3.63, 3.8) is 0 Å². The van der Waals surface area contributed by atoms with E-state index in [1.807, 2.05) is 0 Å². The summed E-state index contributed by atoms with van der Waals surface area (Å²) < 4.78 is 0. The summed E-state index contributed by atoms with van der Waals surface area (Å²) in [6.07, 6.45) is 0.0795. The minimum absolute atomic E-state index is 0.0301. The topological polar surface area (TPSA) is 271 Å². The lowest BCUT2D eigenvalue weighted by atomic mass is 10.1. The van der Waals surface area contributed by atoms with Gasteiger partial charge >= 0.3 is 11.9 Å². The summed E-state index contributed by atoms with van der Waals surface area (Å²) in [5.74, 6) is -4.94. The lowest BCUT2D eigenvalue weighted by Gasteiger charge is -2.17. The van der Waals surface area contributed by atoms with Crippen LogP contribution in [0.2, 0.25) is 0 Å². The highest BCUT2D eigenvalue weighted by molar-refractivity contribution is 5.97. The molecule has 0 saturated heterocycles. The Kier molecular flexibility index (Phi) is 9.82. The maximum Gasteiger partial charge on any atom is 0.326 e. The quantitative estimate of drug-likeness (QED) is 0.117. The van der Waals surface area contributed by atoms with Gasteiger partial charge in [0, 0.05) is 24.7 Å². The Bertz CT molecular complexity index is 1520. The molecule has 216 valence electrons. The zero-order valence-electron chi connectivity index (χ0n) is 21.6. The minimum atomic E-state index is -1.43. The lowest BCUT2D eigenvalue weighted by Crippen LogP contribution is -2.47. The zero-order chi connectivity index (χ0) is 30.1. The van der Waals surface area contributed by atoms with Crippen molar-refractivity contribution in [1.82, 2.24) is 35.9 Å². The van der Waals surface area contributed by atoms with Crippen molar-refractivity contribution in [2.24, 2.45) is 0 Å². The van der Waals surface area contributed by atoms with Crippen LogP contribution in [-0.4, -0.2) is 78.9 Å². The summed E-state index contributed by atoms with van der Waals surface area (Å²) in [6, 6.07) is 3.29. The normalized spacial score (nSPS) is 12.1. The highest BCUT2D eigenvalue weighted by Gasteiger charge is 2.25. The average Bonchev–Trinajstić information content (AvgIpc) is 2.93. The second-order valence-electron chi connectivity index (χ2n) is 8.65. The number of hydrogen-bond donors (Lipinski definition) is 8. The fourth-order valence-corrected chi connectivity index (χ4v) is 3.59. The van der Waals surface area contributed by atoms with Crippen LogP contribution < -0.4 is 32.6 Å². The van der Waals surface area contributed by atoms with E-state index in [0.717, 1.165) is 0 Å². The number of nitrogen functional groups attached to an aromatic ring is 1. The highest BCUT2D eigenvalue weighted by atomic mass is 16.4. The maximum atomic E-state index is 12.6. The number of carboxylic acid groups (broad SMARTS) is 2. The Hall–Kier alpha value is -5.61. The first kappa shape index (κ1) is 29.9. The summed E-state index contributed by atoms with van der Waals surface area (Å²) in [5.41, 5.74) is 6.28. The molecule has 2 atom stereocenters. The van der Waals surface area contributed by atoms with Crippen molar-refractivity contribution in [2.45, 2.75) is 37.9 Å². The molecule has 0 aliphatic heterocycles. The molecule has 0 spiro atoms. The maximum absolute atomic E-state index is 12.6. The Morgan fingerprint density at radius 2 is 1.73 bits per heavy atom. The Balaban J connectivity index is 1.55. The van der Waals surface area contributed by atoms with E-state index in [4.69, 9.17) is 10.8 Å². The number of carbonyl (C=O) groups excluding carboxylic acids is 3. The number of anilines is 2. The van der Waals surface area contributed by atoms with Crippen LogP contribution in [-0.2, 0) is 25.7 Å². The van der Waals surface area contributed by atoms with Gasteiger partial charge in [0.25, 0.3) is 11.5 Å². The lowest BCUT2D eigenvalue weighted by molar-refractivity contribution is -0.140. The van der Waals surface area contributed by atoms with E-state index in [9.17, 15) is 33.9 Å². The number of aromatic amines is 1. The van der Waals surface area contributed by atoms with Crippen LogP contribution in [0, 0.1) is 0 Å². The van der Waals surface area contributed by atoms with Gasteiger partial charge in [0.15, 0.2) is 11.2 Å². The van der Waals surface area contributed by atoms with Crippen LogP contribution in [0.25, 0.3) is 11.2 Å². The van der Waals surface area contributed by atoms with Gasteiger partial charge in [0.1, 0.15) is 12.1 Å². The first-order valence-electron chi connectivity index (χ1n) is 12.1. The first-order chi connectivity index (χ1) is 19.5. The van der Waals surface area contributed by atoms with Gasteiger partial charge in [0.05, 0.1) is 24.9 Å². The third kappa shape index (κ3) is 8.44. The number of aliphatic carboxylic acids is 2. The number of carbonyl (C=O) groups is 5. The number of nitrogens with two attached hydrogens (primary N) is 1. The number of nitrogens with zero attached hydrogens (tertiary/aromatic N) is 3. The van der Waals surface area contributed by atoms with Crippen molar-refractivity contribution in [3.05, 3.63) is 52.1 Å². The smallest absolute Gasteiger partial charge is 0.326 e. The third-order valence-corrected chi connectivity index (χ3v) is 5.65. The van der Waals surface area contributed by atoms with E-state index in [-0.39, 0.29) is 42.1 Å². The number of hydrogen-bond acceptors (Lipinski definition) is 11. The molecule has 0 radical (unpaired) electrons. The second-order valence-corrected chi connectivity index (χ2v) is 8.65. The number of H-pyrrole nitrogens is 1. The van der Waals surface area contributed by atoms with Crippen molar-refractivity contribution in [2.75, 3.05) is 18.1 Å². The number of rotatable bonds is 13. The SMILES string of the molecule is CNC(=O)C(CC(=O)O)NC(=O)CCC(NC(=O)c1ccc(NCc2cnc3nc(N)[nH]c(=O)c3n2)cc1)C(=O)O. The number of carboxylic acids is 2. The van der Waals surface area contributed by atoms with Gasteiger partial charge < -0.3 is 37.2 Å². The number of benzene rings is 1. The van der Waals surface area contributed by atoms with Gasteiger partial charge in [0.2, 0.25) is 17.8 Å². The van der Waals surface area contributed by atoms with Crippen LogP contribution in [0.5, 0.6) is 0 Å². The molecule has 41 heavy (non-hydrogen) atoms. The predicted molar refractivity (Wildman–Crippen MR) is 143 cm³/mol. The average molecular weight is 570 g/mol. The Morgan fingerprint density at radius 3 is 2.37 bits per heavy atom. The number of nitrogens with one attached hydrogen (secondary N) is 5. The second kappa shape index (κ2) is 13.5. The van der Waals surface area contributed by atoms with Crippen LogP contribution in [0.1, 0.15) is 35.3 Å². The minimum Gasteiger partial charge on any atom is -0.481 e. The van der Waals surface area contributed by atoms with Crippen LogP contribution >= 0.6 is 0 Å². The summed E-state index contributed by atoms with van der Waals surface area (Å²) in [6.45, 7) is 0.189. The number of amides is 3. The highest BCUT2D eigenvalue weighted by Crippen LogP contribution is 2.12. The van der Waals surface area contributed by atoms with Crippen molar-refractivity contribution < 1.29 is 34.2 Å². The predicted octanol–water partition coefficient (Wildman–Crippen LogP) is -1.42. The molecule has 3 rings (SSSR count). The molecular weight excluding hydrogens is 542 g/mol. The molecule has 3 amide bonds. The first-order valence-corrected chi connectivity index (χ1v) is 12.1. The fraction of sp³-hybridized carbons (Fsp3) is 0.292. The molecular formula is C24H27N9O8. The summed E-state index contributed by atoms with van der Waals surface area (Å²) in [5, 5.41) is 28.3. The number of likely N-dealkylation sites (N-methyl/N-ethyl adjacent to an activating group) is 1. The van der Waals surface area contributed by atoms with E-state index in [1.165, 1.54) is 25.4 Å². The standard InChI is InChI=1S/C24H27N9O8/c1-26-21(38)15(8-17(35)36)30-16(34)7-6-14(23(40)41)31-20(37)11-2-4-12(5-3-11)27-9-13-10-28-19-18(29-13)22(39)33-24(25)32-19/h2-5,10,14-15,27H,6-9H2,1H3,(H,26,38)(H,30,34)(H,31,37)(H,35,36)(H,40,41)(H3,25,28,32,33,39). The molecule has 0 fully saturated rings. The Morgan fingerprint density at radius 1 is 1.02 bits per heavy atom. The molecule has 0 bridgehead atoms. The number of fused-ring (bicyclic) bond motifs is 1. The van der Waals surface area contributed by atoms with Gasteiger partial charge in [-0.05, 0) is 30.7 Å². The molecule has 1 aromatic carbocycles. The van der Waals surface area contributed by atoms with E-state index in [0.29, 0.717) is 11.4 Å². The van der Waals surface area contributed by atoms with Crippen molar-refractivity contribution in [1.29, 1.82) is 0 Å². The molecule has 3 aromatic rings. The molecule has 9 N–H and O–H groups in total. The Labute approximate surface area is 231 Å². The van der Waals surface area contributed by atoms with Gasteiger partial charge in [-0.3, -0.25) is 29.0 Å². The van der Waals surface area contributed by atoms with Crippen molar-refractivity contribution in [3.8, 4) is 0 Å². The van der Waals surface area contributed by atoms with Gasteiger partial charge in [-0.15, -0.1) is 0 Å². The van der Waals surface area contributed by atoms with E-state index in [2.05, 4.69) is 41.2 Å².